The van der Waals surface area contributed by atoms with Crippen LogP contribution in [0.4, 0.5) is 9.59 Å². The fourth-order valence-electron chi connectivity index (χ4n) is 2.40. The summed E-state index contributed by atoms with van der Waals surface area (Å²) < 4.78 is 9.87. The molecular formula is C15H19NO5. The van der Waals surface area contributed by atoms with E-state index in [9.17, 15) is 9.59 Å². The van der Waals surface area contributed by atoms with Gasteiger partial charge in [0.2, 0.25) is 0 Å². The highest BCUT2D eigenvalue weighted by molar-refractivity contribution is 5.67. The van der Waals surface area contributed by atoms with Crippen molar-refractivity contribution in [3.8, 4) is 0 Å². The van der Waals surface area contributed by atoms with Crippen molar-refractivity contribution >= 4 is 12.2 Å². The molecule has 0 saturated heterocycles. The first-order chi connectivity index (χ1) is 10.1. The van der Waals surface area contributed by atoms with E-state index in [0.717, 1.165) is 5.56 Å². The summed E-state index contributed by atoms with van der Waals surface area (Å²) in [4.78, 5) is 22.1. The summed E-state index contributed by atoms with van der Waals surface area (Å²) in [5.74, 6) is 0. The molecule has 0 spiro atoms. The molecule has 2 rings (SSSR count). The van der Waals surface area contributed by atoms with Crippen LogP contribution in [0.2, 0.25) is 0 Å². The Morgan fingerprint density at radius 1 is 1.14 bits per heavy atom. The smallest absolute Gasteiger partial charge is 0.450 e. The van der Waals surface area contributed by atoms with Crippen molar-refractivity contribution in [1.82, 2.24) is 5.32 Å². The first-order valence-electron chi connectivity index (χ1n) is 7.00. The largest absolute Gasteiger partial charge is 0.506 e. The highest BCUT2D eigenvalue weighted by Gasteiger charge is 2.25. The van der Waals surface area contributed by atoms with Crippen molar-refractivity contribution in [2.24, 2.45) is 0 Å². The molecule has 0 aromatic heterocycles. The maximum absolute atomic E-state index is 11.7. The normalized spacial score (nSPS) is 21.3. The van der Waals surface area contributed by atoms with E-state index in [1.165, 1.54) is 0 Å². The van der Waals surface area contributed by atoms with Gasteiger partial charge in [0.25, 0.3) is 0 Å². The average Bonchev–Trinajstić information content (AvgIpc) is 2.48. The van der Waals surface area contributed by atoms with Gasteiger partial charge < -0.3 is 19.9 Å². The quantitative estimate of drug-likeness (QED) is 0.834. The second-order valence-corrected chi connectivity index (χ2v) is 5.06. The predicted molar refractivity (Wildman–Crippen MR) is 74.9 cm³/mol. The first kappa shape index (κ1) is 15.2. The maximum Gasteiger partial charge on any atom is 0.506 e. The van der Waals surface area contributed by atoms with Gasteiger partial charge in [-0.2, -0.15) is 0 Å². The van der Waals surface area contributed by atoms with Crippen LogP contribution in [0, 0.1) is 0 Å². The summed E-state index contributed by atoms with van der Waals surface area (Å²) in [6.07, 6.45) is 0.679. The van der Waals surface area contributed by atoms with E-state index in [0.29, 0.717) is 25.7 Å². The third-order valence-corrected chi connectivity index (χ3v) is 3.48. The van der Waals surface area contributed by atoms with Crippen LogP contribution in [-0.4, -0.2) is 29.5 Å². The minimum Gasteiger partial charge on any atom is -0.450 e. The number of carbonyl (C=O) groups excluding carboxylic acids is 1. The summed E-state index contributed by atoms with van der Waals surface area (Å²) in [7, 11) is 0. The Morgan fingerprint density at radius 2 is 1.81 bits per heavy atom. The van der Waals surface area contributed by atoms with Crippen LogP contribution in [-0.2, 0) is 16.1 Å². The topological polar surface area (TPSA) is 84.9 Å². The molecule has 1 aromatic carbocycles. The summed E-state index contributed by atoms with van der Waals surface area (Å²) in [5, 5.41) is 11.3. The van der Waals surface area contributed by atoms with Crippen molar-refractivity contribution in [2.75, 3.05) is 0 Å². The molecule has 0 atom stereocenters. The molecule has 0 radical (unpaired) electrons. The molecule has 114 valence electrons. The van der Waals surface area contributed by atoms with Gasteiger partial charge in [0.05, 0.1) is 0 Å². The summed E-state index contributed by atoms with van der Waals surface area (Å²) >= 11 is 0. The SMILES string of the molecule is O=C(N[C@H]1CC[C@H](OC(=O)O)CC1)OCc1ccccc1. The van der Waals surface area contributed by atoms with Crippen LogP contribution in [0.15, 0.2) is 30.3 Å². The minimum atomic E-state index is -1.24. The van der Waals surface area contributed by atoms with Crippen molar-refractivity contribution in [1.29, 1.82) is 0 Å². The fraction of sp³-hybridized carbons (Fsp3) is 0.467. The lowest BCUT2D eigenvalue weighted by atomic mass is 9.93. The Kier molecular flexibility index (Phi) is 5.43. The van der Waals surface area contributed by atoms with Gasteiger partial charge in [-0.15, -0.1) is 0 Å². The highest BCUT2D eigenvalue weighted by atomic mass is 16.7. The Bertz CT molecular complexity index is 468. The molecule has 1 aromatic rings. The van der Waals surface area contributed by atoms with E-state index in [4.69, 9.17) is 14.6 Å². The monoisotopic (exact) mass is 293 g/mol. The second-order valence-electron chi connectivity index (χ2n) is 5.06. The van der Waals surface area contributed by atoms with Crippen molar-refractivity contribution < 1.29 is 24.2 Å². The lowest BCUT2D eigenvalue weighted by molar-refractivity contribution is 0.0308. The van der Waals surface area contributed by atoms with Crippen molar-refractivity contribution in [3.63, 3.8) is 0 Å². The standard InChI is InChI=1S/C15H19NO5/c17-14(20-10-11-4-2-1-3-5-11)16-12-6-8-13(9-7-12)21-15(18)19/h1-5,12-13H,6-10H2,(H,16,17)(H,18,19)/t12-,13-. The number of hydrogen-bond donors (Lipinski definition) is 2. The van der Waals surface area contributed by atoms with Crippen molar-refractivity contribution in [2.45, 2.75) is 44.4 Å². The van der Waals surface area contributed by atoms with Crippen LogP contribution < -0.4 is 5.32 Å². The molecule has 0 aliphatic heterocycles. The van der Waals surface area contributed by atoms with Gasteiger partial charge in [0, 0.05) is 6.04 Å². The van der Waals surface area contributed by atoms with E-state index in [1.807, 2.05) is 30.3 Å². The Balaban J connectivity index is 1.66. The number of carbonyl (C=O) groups is 2. The zero-order valence-electron chi connectivity index (χ0n) is 11.7. The number of benzene rings is 1. The summed E-state index contributed by atoms with van der Waals surface area (Å²) in [5.41, 5.74) is 0.936. The number of ether oxygens (including phenoxy) is 2. The predicted octanol–water partition coefficient (Wildman–Crippen LogP) is 2.92. The Morgan fingerprint density at radius 3 is 2.43 bits per heavy atom. The number of amides is 1. The third-order valence-electron chi connectivity index (χ3n) is 3.48. The fourth-order valence-corrected chi connectivity index (χ4v) is 2.40. The highest BCUT2D eigenvalue weighted by Crippen LogP contribution is 2.21. The van der Waals surface area contributed by atoms with Gasteiger partial charge in [0.15, 0.2) is 0 Å². The first-order valence-corrected chi connectivity index (χ1v) is 7.00. The molecule has 1 aliphatic carbocycles. The molecule has 1 saturated carbocycles. The molecule has 1 fully saturated rings. The Hall–Kier alpha value is -2.24. The number of rotatable bonds is 4. The van der Waals surface area contributed by atoms with E-state index in [1.54, 1.807) is 0 Å². The molecular weight excluding hydrogens is 274 g/mol. The molecule has 6 nitrogen and oxygen atoms in total. The van der Waals surface area contributed by atoms with Crippen LogP contribution in [0.25, 0.3) is 0 Å². The van der Waals surface area contributed by atoms with Crippen LogP contribution in [0.3, 0.4) is 0 Å². The van der Waals surface area contributed by atoms with E-state index in [-0.39, 0.29) is 18.8 Å². The van der Waals surface area contributed by atoms with Crippen LogP contribution >= 0.6 is 0 Å². The van der Waals surface area contributed by atoms with Crippen LogP contribution in [0.1, 0.15) is 31.2 Å². The van der Waals surface area contributed by atoms with Gasteiger partial charge >= 0.3 is 12.2 Å². The minimum absolute atomic E-state index is 0.0157. The van der Waals surface area contributed by atoms with Gasteiger partial charge in [-0.25, -0.2) is 9.59 Å². The molecule has 0 bridgehead atoms. The molecule has 6 heteroatoms. The number of nitrogens with one attached hydrogen (secondary N) is 1. The lowest BCUT2D eigenvalue weighted by Crippen LogP contribution is -2.39. The lowest BCUT2D eigenvalue weighted by Gasteiger charge is -2.27. The van der Waals surface area contributed by atoms with E-state index >= 15 is 0 Å². The maximum atomic E-state index is 11.7. The van der Waals surface area contributed by atoms with Crippen molar-refractivity contribution in [3.05, 3.63) is 35.9 Å². The molecule has 1 amide bonds. The van der Waals surface area contributed by atoms with Gasteiger partial charge in [-0.1, -0.05) is 30.3 Å². The van der Waals surface area contributed by atoms with Gasteiger partial charge in [-0.3, -0.25) is 0 Å². The zero-order chi connectivity index (χ0) is 15.1. The summed E-state index contributed by atoms with van der Waals surface area (Å²) in [6.45, 7) is 0.240. The molecule has 2 N–H and O–H groups in total. The van der Waals surface area contributed by atoms with Gasteiger partial charge in [0.1, 0.15) is 12.7 Å². The Labute approximate surface area is 123 Å². The number of hydrogen-bond acceptors (Lipinski definition) is 4. The van der Waals surface area contributed by atoms with E-state index in [2.05, 4.69) is 5.32 Å². The second kappa shape index (κ2) is 7.52. The average molecular weight is 293 g/mol. The molecule has 0 heterocycles. The third kappa shape index (κ3) is 5.33. The molecule has 0 unspecified atom stereocenters. The molecule has 21 heavy (non-hydrogen) atoms. The van der Waals surface area contributed by atoms with E-state index < -0.39 is 12.2 Å². The number of carboxylic acid groups (broad SMARTS) is 1. The van der Waals surface area contributed by atoms with Gasteiger partial charge in [-0.05, 0) is 31.2 Å². The summed E-state index contributed by atoms with van der Waals surface area (Å²) in [6, 6.07) is 9.48. The van der Waals surface area contributed by atoms with Crippen LogP contribution in [0.5, 0.6) is 0 Å². The number of alkyl carbamates (subject to hydrolysis) is 1. The molecule has 1 aliphatic rings. The zero-order valence-corrected chi connectivity index (χ0v) is 11.7.